The number of hydrogen-bond acceptors (Lipinski definition) is 5. The molecule has 1 aliphatic rings. The average molecular weight is 340 g/mol. The highest BCUT2D eigenvalue weighted by Crippen LogP contribution is 2.61. The van der Waals surface area contributed by atoms with Crippen molar-refractivity contribution >= 4 is 20.4 Å². The van der Waals surface area contributed by atoms with Crippen molar-refractivity contribution in [3.8, 4) is 5.75 Å². The first kappa shape index (κ1) is 15.4. The maximum absolute atomic E-state index is 12.9. The lowest BCUT2D eigenvalue weighted by atomic mass is 10.2. The maximum Gasteiger partial charge on any atom is 0.187 e. The van der Waals surface area contributed by atoms with Gasteiger partial charge in [0.2, 0.25) is 0 Å². The quantitative estimate of drug-likeness (QED) is 0.895. The van der Waals surface area contributed by atoms with Gasteiger partial charge in [0.15, 0.2) is 9.84 Å². The Balaban J connectivity index is 2.11. The molecule has 1 atom stereocenters. The molecule has 0 radical (unpaired) electrons. The molecule has 0 fully saturated rings. The molecule has 0 spiro atoms. The number of benzene rings is 2. The Hall–Kier alpha value is -1.54. The van der Waals surface area contributed by atoms with Crippen LogP contribution in [-0.2, 0) is 9.84 Å². The number of hydrogen-bond donors (Lipinski definition) is 2. The Morgan fingerprint density at radius 2 is 1.86 bits per heavy atom. The zero-order valence-corrected chi connectivity index (χ0v) is 13.5. The van der Waals surface area contributed by atoms with Crippen LogP contribution >= 0.6 is 10.6 Å². The van der Waals surface area contributed by atoms with Gasteiger partial charge in [0.05, 0.1) is 22.7 Å². The SMILES string of the molecule is COc1cccc(S(=O)(=O)C2CS(O)(O)c3ccccc32)c1. The summed E-state index contributed by atoms with van der Waals surface area (Å²) in [6, 6.07) is 12.8. The summed E-state index contributed by atoms with van der Waals surface area (Å²) >= 11 is 0. The van der Waals surface area contributed by atoms with Crippen LogP contribution in [0.5, 0.6) is 5.75 Å². The van der Waals surface area contributed by atoms with E-state index in [1.54, 1.807) is 36.4 Å². The van der Waals surface area contributed by atoms with E-state index < -0.39 is 25.7 Å². The topological polar surface area (TPSA) is 83.8 Å². The van der Waals surface area contributed by atoms with Gasteiger partial charge in [-0.2, -0.15) is 10.6 Å². The fourth-order valence-electron chi connectivity index (χ4n) is 2.63. The van der Waals surface area contributed by atoms with Crippen molar-refractivity contribution in [2.24, 2.45) is 0 Å². The number of fused-ring (bicyclic) bond motifs is 1. The standard InChI is InChI=1S/C15H16O5S2/c1-20-11-5-4-6-12(9-11)22(18,19)15-10-21(16,17)14-8-3-2-7-13(14)15/h2-9,15-17H,10H2,1H3. The zero-order valence-electron chi connectivity index (χ0n) is 11.8. The Bertz CT molecular complexity index is 814. The van der Waals surface area contributed by atoms with Crippen LogP contribution in [0, 0.1) is 0 Å². The molecule has 7 heteroatoms. The third-order valence-electron chi connectivity index (χ3n) is 3.75. The number of sulfone groups is 1. The molecule has 2 N–H and O–H groups in total. The van der Waals surface area contributed by atoms with E-state index >= 15 is 0 Å². The third kappa shape index (κ3) is 2.40. The van der Waals surface area contributed by atoms with Crippen LogP contribution in [0.2, 0.25) is 0 Å². The molecule has 1 heterocycles. The summed E-state index contributed by atoms with van der Waals surface area (Å²) in [5.74, 6) is 0.241. The number of ether oxygens (including phenoxy) is 1. The number of rotatable bonds is 3. The molecule has 1 unspecified atom stereocenters. The lowest BCUT2D eigenvalue weighted by Crippen LogP contribution is -2.15. The summed E-state index contributed by atoms with van der Waals surface area (Å²) in [5.41, 5.74) is 0.463. The molecule has 2 aromatic carbocycles. The Morgan fingerprint density at radius 1 is 1.14 bits per heavy atom. The molecule has 0 bridgehead atoms. The third-order valence-corrected chi connectivity index (χ3v) is 7.91. The molecule has 2 aromatic rings. The first-order valence-electron chi connectivity index (χ1n) is 6.59. The van der Waals surface area contributed by atoms with Gasteiger partial charge >= 0.3 is 0 Å². The highest BCUT2D eigenvalue weighted by molar-refractivity contribution is 8.25. The van der Waals surface area contributed by atoms with Gasteiger partial charge in [-0.25, -0.2) is 8.42 Å². The van der Waals surface area contributed by atoms with Crippen molar-refractivity contribution in [3.05, 3.63) is 54.1 Å². The van der Waals surface area contributed by atoms with E-state index in [0.29, 0.717) is 16.2 Å². The maximum atomic E-state index is 12.9. The number of methoxy groups -OCH3 is 1. The minimum atomic E-state index is -3.73. The summed E-state index contributed by atoms with van der Waals surface area (Å²) in [5, 5.41) is -0.958. The molecule has 3 rings (SSSR count). The molecular formula is C15H16O5S2. The Morgan fingerprint density at radius 3 is 2.59 bits per heavy atom. The van der Waals surface area contributed by atoms with E-state index in [-0.39, 0.29) is 10.6 Å². The first-order chi connectivity index (χ1) is 10.4. The summed E-state index contributed by atoms with van der Waals surface area (Å²) < 4.78 is 51.2. The van der Waals surface area contributed by atoms with Crippen LogP contribution in [0.15, 0.2) is 58.3 Å². The van der Waals surface area contributed by atoms with E-state index in [1.807, 2.05) is 0 Å². The molecule has 0 saturated carbocycles. The fraction of sp³-hybridized carbons (Fsp3) is 0.200. The summed E-state index contributed by atoms with van der Waals surface area (Å²) in [4.78, 5) is 0.440. The molecule has 0 aliphatic carbocycles. The van der Waals surface area contributed by atoms with Crippen molar-refractivity contribution in [1.29, 1.82) is 0 Å². The van der Waals surface area contributed by atoms with Crippen molar-refractivity contribution in [3.63, 3.8) is 0 Å². The van der Waals surface area contributed by atoms with Gasteiger partial charge in [0, 0.05) is 0 Å². The van der Waals surface area contributed by atoms with Gasteiger partial charge in [-0.1, -0.05) is 24.3 Å². The Kier molecular flexibility index (Phi) is 3.68. The van der Waals surface area contributed by atoms with Gasteiger partial charge in [-0.05, 0) is 29.8 Å². The lowest BCUT2D eigenvalue weighted by Gasteiger charge is -2.27. The van der Waals surface area contributed by atoms with Gasteiger partial charge in [0.1, 0.15) is 11.0 Å². The molecule has 0 saturated heterocycles. The van der Waals surface area contributed by atoms with Crippen LogP contribution in [0.25, 0.3) is 0 Å². The minimum absolute atomic E-state index is 0.115. The molecular weight excluding hydrogens is 324 g/mol. The van der Waals surface area contributed by atoms with Crippen molar-refractivity contribution in [1.82, 2.24) is 0 Å². The summed E-state index contributed by atoms with van der Waals surface area (Å²) in [6.45, 7) is 0. The van der Waals surface area contributed by atoms with Crippen LogP contribution < -0.4 is 4.74 Å². The predicted octanol–water partition coefficient (Wildman–Crippen LogP) is 3.33. The molecule has 1 aliphatic heterocycles. The smallest absolute Gasteiger partial charge is 0.187 e. The average Bonchev–Trinajstić information content (AvgIpc) is 2.80. The highest BCUT2D eigenvalue weighted by Gasteiger charge is 2.42. The second kappa shape index (κ2) is 5.27. The molecule has 5 nitrogen and oxygen atoms in total. The van der Waals surface area contributed by atoms with E-state index in [9.17, 15) is 17.5 Å². The van der Waals surface area contributed by atoms with E-state index in [0.717, 1.165) is 0 Å². The Labute approximate surface area is 130 Å². The highest BCUT2D eigenvalue weighted by atomic mass is 32.3. The van der Waals surface area contributed by atoms with E-state index in [1.165, 1.54) is 19.2 Å². The summed E-state index contributed by atoms with van der Waals surface area (Å²) in [7, 11) is -5.34. The predicted molar refractivity (Wildman–Crippen MR) is 85.3 cm³/mol. The molecule has 0 aromatic heterocycles. The van der Waals surface area contributed by atoms with Crippen LogP contribution in [0.3, 0.4) is 0 Å². The summed E-state index contributed by atoms with van der Waals surface area (Å²) in [6.07, 6.45) is 0. The van der Waals surface area contributed by atoms with Gasteiger partial charge in [-0.3, -0.25) is 9.11 Å². The normalized spacial score (nSPS) is 21.1. The minimum Gasteiger partial charge on any atom is -0.497 e. The second-order valence-electron chi connectivity index (χ2n) is 5.08. The zero-order chi connectivity index (χ0) is 16.0. The van der Waals surface area contributed by atoms with Gasteiger partial charge in [-0.15, -0.1) is 0 Å². The van der Waals surface area contributed by atoms with E-state index in [2.05, 4.69) is 0 Å². The van der Waals surface area contributed by atoms with Crippen LogP contribution in [0.1, 0.15) is 10.8 Å². The molecule has 0 amide bonds. The van der Waals surface area contributed by atoms with Crippen LogP contribution in [-0.4, -0.2) is 30.4 Å². The fourth-order valence-corrected chi connectivity index (χ4v) is 7.08. The van der Waals surface area contributed by atoms with Crippen LogP contribution in [0.4, 0.5) is 0 Å². The van der Waals surface area contributed by atoms with Gasteiger partial charge < -0.3 is 4.74 Å². The van der Waals surface area contributed by atoms with E-state index in [4.69, 9.17) is 4.74 Å². The monoisotopic (exact) mass is 340 g/mol. The lowest BCUT2D eigenvalue weighted by molar-refractivity contribution is 0.413. The molecule has 118 valence electrons. The molecule has 22 heavy (non-hydrogen) atoms. The van der Waals surface area contributed by atoms with Crippen molar-refractivity contribution < 1.29 is 22.3 Å². The van der Waals surface area contributed by atoms with Crippen molar-refractivity contribution in [2.45, 2.75) is 15.0 Å². The van der Waals surface area contributed by atoms with Gasteiger partial charge in [0.25, 0.3) is 0 Å². The largest absolute Gasteiger partial charge is 0.497 e. The van der Waals surface area contributed by atoms with Crippen molar-refractivity contribution in [2.75, 3.05) is 12.9 Å². The first-order valence-corrected chi connectivity index (χ1v) is 9.85. The second-order valence-corrected chi connectivity index (χ2v) is 9.32.